The van der Waals surface area contributed by atoms with Crippen molar-refractivity contribution in [3.8, 4) is 0 Å². The molecule has 7 heteroatoms. The van der Waals surface area contributed by atoms with E-state index in [4.69, 9.17) is 5.73 Å². The topological polar surface area (TPSA) is 90.0 Å². The predicted molar refractivity (Wildman–Crippen MR) is 148 cm³/mol. The van der Waals surface area contributed by atoms with Gasteiger partial charge in [0.25, 0.3) is 0 Å². The molecule has 2 saturated heterocycles. The van der Waals surface area contributed by atoms with Crippen molar-refractivity contribution in [2.75, 3.05) is 26.2 Å². The summed E-state index contributed by atoms with van der Waals surface area (Å²) < 4.78 is 0. The number of benzene rings is 2. The van der Waals surface area contributed by atoms with Crippen LogP contribution in [-0.2, 0) is 23.3 Å². The lowest BCUT2D eigenvalue weighted by Crippen LogP contribution is -2.67. The zero-order chi connectivity index (χ0) is 26.0. The zero-order valence-electron chi connectivity index (χ0n) is 22.2. The van der Waals surface area contributed by atoms with Gasteiger partial charge in [0.15, 0.2) is 0 Å². The van der Waals surface area contributed by atoms with E-state index in [2.05, 4.69) is 47.1 Å². The lowest BCUT2D eigenvalue weighted by Gasteiger charge is -2.55. The summed E-state index contributed by atoms with van der Waals surface area (Å²) in [7, 11) is -1.59. The van der Waals surface area contributed by atoms with Crippen LogP contribution in [0, 0.1) is 5.92 Å². The Kier molecular flexibility index (Phi) is 8.06. The van der Waals surface area contributed by atoms with Gasteiger partial charge in [0.05, 0.1) is 0 Å². The van der Waals surface area contributed by atoms with E-state index >= 15 is 0 Å². The molecule has 4 N–H and O–H groups in total. The van der Waals surface area contributed by atoms with Crippen molar-refractivity contribution in [1.82, 2.24) is 9.80 Å². The first-order valence-corrected chi connectivity index (χ1v) is 14.3. The van der Waals surface area contributed by atoms with Gasteiger partial charge in [-0.1, -0.05) is 68.7 Å². The maximum absolute atomic E-state index is 14.9. The Morgan fingerprint density at radius 2 is 1.81 bits per heavy atom. The van der Waals surface area contributed by atoms with Gasteiger partial charge in [-0.2, -0.15) is 0 Å². The van der Waals surface area contributed by atoms with Gasteiger partial charge in [0.1, 0.15) is 5.54 Å². The number of hydrogen-bond donors (Lipinski definition) is 3. The van der Waals surface area contributed by atoms with Crippen molar-refractivity contribution in [3.63, 3.8) is 0 Å². The average molecular weight is 503 g/mol. The van der Waals surface area contributed by atoms with Gasteiger partial charge < -0.3 is 20.7 Å². The van der Waals surface area contributed by atoms with E-state index in [0.29, 0.717) is 17.9 Å². The summed E-state index contributed by atoms with van der Waals surface area (Å²) in [5.41, 5.74) is 10.0. The van der Waals surface area contributed by atoms with Crippen LogP contribution in [0.2, 0.25) is 0 Å². The molecule has 1 amide bonds. The normalized spacial score (nSPS) is 25.1. The highest BCUT2D eigenvalue weighted by Crippen LogP contribution is 2.47. The molecule has 3 aliphatic heterocycles. The molecule has 0 spiro atoms. The van der Waals surface area contributed by atoms with Gasteiger partial charge in [-0.3, -0.25) is 9.69 Å². The monoisotopic (exact) mass is 503 g/mol. The third-order valence-electron chi connectivity index (χ3n) is 9.32. The molecule has 0 bridgehead atoms. The molecule has 6 nitrogen and oxygen atoms in total. The third-order valence-corrected chi connectivity index (χ3v) is 9.32. The number of fused-ring (bicyclic) bond motifs is 3. The molecule has 5 rings (SSSR count). The molecule has 2 unspecified atom stereocenters. The molecule has 198 valence electrons. The van der Waals surface area contributed by atoms with Gasteiger partial charge in [0.2, 0.25) is 5.91 Å². The minimum absolute atomic E-state index is 0.137. The number of carbonyl (C=O) groups is 1. The van der Waals surface area contributed by atoms with Crippen LogP contribution in [0.3, 0.4) is 0 Å². The lowest BCUT2D eigenvalue weighted by atomic mass is 9.61. The molecule has 2 aromatic carbocycles. The van der Waals surface area contributed by atoms with E-state index in [1.165, 1.54) is 12.0 Å². The number of nitrogens with two attached hydrogens (primary N) is 1. The Morgan fingerprint density at radius 1 is 1.03 bits per heavy atom. The van der Waals surface area contributed by atoms with E-state index in [1.807, 2.05) is 12.1 Å². The summed E-state index contributed by atoms with van der Waals surface area (Å²) in [4.78, 5) is 19.4. The maximum Gasteiger partial charge on any atom is 0.488 e. The molecule has 37 heavy (non-hydrogen) atoms. The number of nitrogens with zero attached hydrogens (tertiary/aromatic N) is 2. The van der Waals surface area contributed by atoms with E-state index < -0.39 is 12.7 Å². The predicted octanol–water partition coefficient (Wildman–Crippen LogP) is 2.88. The molecule has 0 radical (unpaired) electrons. The largest absolute Gasteiger partial charge is 0.488 e. The minimum atomic E-state index is -1.59. The number of amides is 1. The first-order chi connectivity index (χ1) is 18.0. The van der Waals surface area contributed by atoms with Crippen LogP contribution in [0.25, 0.3) is 0 Å². The second-order valence-corrected chi connectivity index (χ2v) is 11.2. The molecular formula is C30H42BN3O3. The summed E-state index contributed by atoms with van der Waals surface area (Å²) in [5, 5.41) is 20.9. The summed E-state index contributed by atoms with van der Waals surface area (Å²) in [6, 6.07) is 14.4. The van der Waals surface area contributed by atoms with Gasteiger partial charge in [-0.05, 0) is 78.2 Å². The third kappa shape index (κ3) is 4.76. The van der Waals surface area contributed by atoms with Crippen LogP contribution >= 0.6 is 0 Å². The fraction of sp³-hybridized carbons (Fsp3) is 0.567. The first-order valence-electron chi connectivity index (χ1n) is 14.3. The van der Waals surface area contributed by atoms with Crippen molar-refractivity contribution in [1.29, 1.82) is 0 Å². The molecule has 0 aromatic heterocycles. The van der Waals surface area contributed by atoms with E-state index in [1.54, 1.807) is 0 Å². The van der Waals surface area contributed by atoms with E-state index in [-0.39, 0.29) is 11.8 Å². The van der Waals surface area contributed by atoms with Crippen LogP contribution in [0.1, 0.15) is 80.0 Å². The van der Waals surface area contributed by atoms with Crippen LogP contribution in [0.15, 0.2) is 42.5 Å². The smallest absolute Gasteiger partial charge is 0.423 e. The molecule has 2 aromatic rings. The van der Waals surface area contributed by atoms with Crippen molar-refractivity contribution >= 4 is 18.5 Å². The molecular weight excluding hydrogens is 461 g/mol. The maximum atomic E-state index is 14.9. The lowest BCUT2D eigenvalue weighted by molar-refractivity contribution is -0.154. The van der Waals surface area contributed by atoms with Gasteiger partial charge in [0, 0.05) is 26.2 Å². The van der Waals surface area contributed by atoms with Crippen molar-refractivity contribution in [2.24, 2.45) is 11.7 Å². The Hall–Kier alpha value is -2.19. The molecule has 2 fully saturated rings. The molecule has 3 aliphatic rings. The van der Waals surface area contributed by atoms with E-state index in [0.717, 1.165) is 87.8 Å². The Balaban J connectivity index is 1.53. The number of carbonyl (C=O) groups excluding carboxylic acids is 1. The molecule has 3 heterocycles. The summed E-state index contributed by atoms with van der Waals surface area (Å²) in [5.74, 6) is 0.736. The van der Waals surface area contributed by atoms with Gasteiger partial charge in [-0.15, -0.1) is 0 Å². The summed E-state index contributed by atoms with van der Waals surface area (Å²) in [6.07, 6.45) is 7.94. The van der Waals surface area contributed by atoms with Crippen LogP contribution < -0.4 is 11.2 Å². The Bertz CT molecular complexity index is 1100. The average Bonchev–Trinajstić information content (AvgIpc) is 2.92. The fourth-order valence-electron chi connectivity index (χ4n) is 7.48. The molecule has 0 saturated carbocycles. The second-order valence-electron chi connectivity index (χ2n) is 11.2. The van der Waals surface area contributed by atoms with Crippen molar-refractivity contribution in [3.05, 3.63) is 64.7 Å². The molecule has 0 aliphatic carbocycles. The SMILES string of the molecule is CCC1CCCCCN2CCc3cccc(B(O)O)c3C12C(=O)N1CCC(c2cccc(CN)c2)CC1. The fourth-order valence-corrected chi connectivity index (χ4v) is 7.48. The Morgan fingerprint density at radius 3 is 2.54 bits per heavy atom. The zero-order valence-corrected chi connectivity index (χ0v) is 22.2. The van der Waals surface area contributed by atoms with Crippen LogP contribution in [0.4, 0.5) is 0 Å². The summed E-state index contributed by atoms with van der Waals surface area (Å²) in [6.45, 7) is 5.90. The highest BCUT2D eigenvalue weighted by molar-refractivity contribution is 6.59. The van der Waals surface area contributed by atoms with E-state index in [9.17, 15) is 14.8 Å². The van der Waals surface area contributed by atoms with Crippen LogP contribution in [0.5, 0.6) is 0 Å². The second kappa shape index (κ2) is 11.3. The molecule has 2 atom stereocenters. The quantitative estimate of drug-likeness (QED) is 0.546. The van der Waals surface area contributed by atoms with Crippen LogP contribution in [-0.4, -0.2) is 59.1 Å². The van der Waals surface area contributed by atoms with Gasteiger partial charge >= 0.3 is 7.12 Å². The number of hydrogen-bond acceptors (Lipinski definition) is 5. The minimum Gasteiger partial charge on any atom is -0.423 e. The Labute approximate surface area is 222 Å². The first kappa shape index (κ1) is 26.4. The highest BCUT2D eigenvalue weighted by atomic mass is 16.4. The number of rotatable bonds is 5. The standard InChI is InChI=1S/C30H42BN3O3/c1-2-26-11-4-3-5-16-34-19-15-24-9-7-12-27(31(36)37)28(24)30(26,34)29(35)33-17-13-23(14-18-33)25-10-6-8-22(20-25)21-32/h6-10,12,20,23,26,36-37H,2-5,11,13-19,21,32H2,1H3. The van der Waals surface area contributed by atoms with Crippen molar-refractivity contribution in [2.45, 2.75) is 76.3 Å². The van der Waals surface area contributed by atoms with Crippen molar-refractivity contribution < 1.29 is 14.8 Å². The number of likely N-dealkylation sites (tertiary alicyclic amines) is 1. The van der Waals surface area contributed by atoms with Gasteiger partial charge in [-0.25, -0.2) is 0 Å². The number of piperidine rings is 1. The highest BCUT2D eigenvalue weighted by Gasteiger charge is 2.56. The summed E-state index contributed by atoms with van der Waals surface area (Å²) >= 11 is 0.